The molecule has 218 valence electrons. The lowest BCUT2D eigenvalue weighted by Crippen LogP contribution is -2.40. The van der Waals surface area contributed by atoms with Crippen molar-refractivity contribution in [3.63, 3.8) is 0 Å². The van der Waals surface area contributed by atoms with Gasteiger partial charge in [0.1, 0.15) is 17.5 Å². The summed E-state index contributed by atoms with van der Waals surface area (Å²) in [6.45, 7) is 3.97. The summed E-state index contributed by atoms with van der Waals surface area (Å²) in [6.07, 6.45) is 1.93. The van der Waals surface area contributed by atoms with E-state index in [0.29, 0.717) is 32.1 Å². The second kappa shape index (κ2) is 11.4. The molecule has 2 aromatic heterocycles. The van der Waals surface area contributed by atoms with Crippen molar-refractivity contribution in [2.75, 3.05) is 20.8 Å². The van der Waals surface area contributed by atoms with Crippen LogP contribution < -0.4 is 24.4 Å². The number of carbonyl (C=O) groups excluding carboxylic acids is 1. The molecule has 0 amide bonds. The first-order valence-electron chi connectivity index (χ1n) is 13.9. The molecular formula is C34H31N3O5S. The number of hydrogen-bond donors (Lipinski definition) is 0. The van der Waals surface area contributed by atoms with Gasteiger partial charge in [-0.05, 0) is 38.1 Å². The SMILES string of the molecule is CCOC(=O)C1=C(c2ccccc2)N=c2s/c(=C\c3c(C)n(C)c4ccccc34)c(=O)n2[C@@H]1c1ccc(OC)cc1OC. The van der Waals surface area contributed by atoms with Crippen LogP contribution in [0.5, 0.6) is 11.5 Å². The van der Waals surface area contributed by atoms with Gasteiger partial charge in [0.2, 0.25) is 0 Å². The Morgan fingerprint density at radius 3 is 2.49 bits per heavy atom. The Morgan fingerprint density at radius 1 is 1.02 bits per heavy atom. The summed E-state index contributed by atoms with van der Waals surface area (Å²) < 4.78 is 21.0. The number of nitrogens with zero attached hydrogens (tertiary/aromatic N) is 3. The maximum atomic E-state index is 14.4. The zero-order valence-electron chi connectivity index (χ0n) is 24.6. The Kier molecular flexibility index (Phi) is 7.50. The summed E-state index contributed by atoms with van der Waals surface area (Å²) in [7, 11) is 5.14. The van der Waals surface area contributed by atoms with E-state index in [2.05, 4.69) is 16.7 Å². The van der Waals surface area contributed by atoms with Crippen LogP contribution in [-0.2, 0) is 16.6 Å². The predicted octanol–water partition coefficient (Wildman–Crippen LogP) is 4.75. The number of aryl methyl sites for hydroxylation is 1. The topological polar surface area (TPSA) is 84.1 Å². The molecule has 0 aliphatic carbocycles. The van der Waals surface area contributed by atoms with Gasteiger partial charge in [0.25, 0.3) is 5.56 Å². The molecule has 5 aromatic rings. The number of para-hydroxylation sites is 1. The summed E-state index contributed by atoms with van der Waals surface area (Å²) in [5, 5.41) is 1.05. The van der Waals surface area contributed by atoms with Crippen molar-refractivity contribution in [1.29, 1.82) is 0 Å². The van der Waals surface area contributed by atoms with Crippen LogP contribution in [0, 0.1) is 6.92 Å². The van der Waals surface area contributed by atoms with E-state index in [-0.39, 0.29) is 17.7 Å². The van der Waals surface area contributed by atoms with Crippen molar-refractivity contribution in [3.8, 4) is 11.5 Å². The number of methoxy groups -OCH3 is 2. The molecule has 6 rings (SSSR count). The maximum absolute atomic E-state index is 14.4. The first-order chi connectivity index (χ1) is 20.9. The van der Waals surface area contributed by atoms with Gasteiger partial charge in [0, 0.05) is 46.4 Å². The van der Waals surface area contributed by atoms with Gasteiger partial charge in [-0.15, -0.1) is 0 Å². The van der Waals surface area contributed by atoms with E-state index in [0.717, 1.165) is 27.7 Å². The molecule has 8 nitrogen and oxygen atoms in total. The second-order valence-corrected chi connectivity index (χ2v) is 11.1. The predicted molar refractivity (Wildman–Crippen MR) is 168 cm³/mol. The summed E-state index contributed by atoms with van der Waals surface area (Å²) in [5.74, 6) is 0.511. The summed E-state index contributed by atoms with van der Waals surface area (Å²) in [5.41, 5.74) is 4.90. The number of carbonyl (C=O) groups is 1. The van der Waals surface area contributed by atoms with Crippen molar-refractivity contribution < 1.29 is 19.0 Å². The minimum Gasteiger partial charge on any atom is -0.497 e. The highest BCUT2D eigenvalue weighted by Gasteiger charge is 2.37. The largest absolute Gasteiger partial charge is 0.497 e. The average Bonchev–Trinajstić information content (AvgIpc) is 3.48. The van der Waals surface area contributed by atoms with Gasteiger partial charge in [0.05, 0.1) is 36.6 Å². The van der Waals surface area contributed by atoms with E-state index in [1.807, 2.05) is 68.6 Å². The molecule has 1 atom stereocenters. The van der Waals surface area contributed by atoms with Crippen LogP contribution in [0.1, 0.15) is 35.3 Å². The lowest BCUT2D eigenvalue weighted by Gasteiger charge is -2.27. The molecule has 3 aromatic carbocycles. The normalized spacial score (nSPS) is 14.9. The third-order valence-corrected chi connectivity index (χ3v) is 8.82. The molecule has 0 spiro atoms. The number of thiazole rings is 1. The highest BCUT2D eigenvalue weighted by Crippen LogP contribution is 2.40. The number of aromatic nitrogens is 2. The molecule has 0 saturated heterocycles. The van der Waals surface area contributed by atoms with Gasteiger partial charge in [-0.3, -0.25) is 9.36 Å². The highest BCUT2D eigenvalue weighted by molar-refractivity contribution is 7.07. The van der Waals surface area contributed by atoms with Gasteiger partial charge in [-0.2, -0.15) is 0 Å². The fraction of sp³-hybridized carbons (Fsp3) is 0.206. The quantitative estimate of drug-likeness (QED) is 0.254. The zero-order chi connectivity index (χ0) is 30.2. The number of fused-ring (bicyclic) bond motifs is 2. The average molecular weight is 594 g/mol. The molecule has 0 unspecified atom stereocenters. The minimum atomic E-state index is -0.859. The van der Waals surface area contributed by atoms with Crippen molar-refractivity contribution in [3.05, 3.63) is 120 Å². The van der Waals surface area contributed by atoms with Crippen LogP contribution >= 0.6 is 11.3 Å². The van der Waals surface area contributed by atoms with Crippen molar-refractivity contribution in [2.24, 2.45) is 12.0 Å². The van der Waals surface area contributed by atoms with Crippen molar-refractivity contribution in [2.45, 2.75) is 19.9 Å². The molecular weight excluding hydrogens is 562 g/mol. The Labute approximate surface area is 252 Å². The van der Waals surface area contributed by atoms with Gasteiger partial charge in [-0.25, -0.2) is 9.79 Å². The zero-order valence-corrected chi connectivity index (χ0v) is 25.4. The molecule has 1 aliphatic heterocycles. The Bertz CT molecular complexity index is 2090. The first kappa shape index (κ1) is 28.2. The van der Waals surface area contributed by atoms with E-state index in [1.54, 1.807) is 37.8 Å². The molecule has 1 aliphatic rings. The molecule has 0 radical (unpaired) electrons. The third-order valence-electron chi connectivity index (χ3n) is 7.83. The van der Waals surface area contributed by atoms with Gasteiger partial charge in [-0.1, -0.05) is 59.9 Å². The number of esters is 1. The fourth-order valence-electron chi connectivity index (χ4n) is 5.64. The molecule has 0 fully saturated rings. The Balaban J connectivity index is 1.70. The van der Waals surface area contributed by atoms with Crippen molar-refractivity contribution >= 4 is 40.0 Å². The van der Waals surface area contributed by atoms with Crippen molar-refractivity contribution in [1.82, 2.24) is 9.13 Å². The first-order valence-corrected chi connectivity index (χ1v) is 14.7. The van der Waals surface area contributed by atoms with Crippen LogP contribution in [0.2, 0.25) is 0 Å². The number of ether oxygens (including phenoxy) is 3. The number of hydrogen-bond acceptors (Lipinski definition) is 7. The van der Waals surface area contributed by atoms with Crippen LogP contribution in [-0.4, -0.2) is 35.9 Å². The molecule has 0 bridgehead atoms. The summed E-state index contributed by atoms with van der Waals surface area (Å²) in [4.78, 5) is 33.6. The lowest BCUT2D eigenvalue weighted by atomic mass is 9.92. The number of benzene rings is 3. The third kappa shape index (κ3) is 4.75. The Morgan fingerprint density at radius 2 is 1.77 bits per heavy atom. The molecule has 43 heavy (non-hydrogen) atoms. The lowest BCUT2D eigenvalue weighted by molar-refractivity contribution is -0.138. The molecule has 0 N–H and O–H groups in total. The van der Waals surface area contributed by atoms with E-state index in [9.17, 15) is 9.59 Å². The molecule has 9 heteroatoms. The van der Waals surface area contributed by atoms with E-state index in [1.165, 1.54) is 11.3 Å². The van der Waals surface area contributed by atoms with E-state index in [4.69, 9.17) is 19.2 Å². The second-order valence-electron chi connectivity index (χ2n) is 10.1. The van der Waals surface area contributed by atoms with Crippen LogP contribution in [0.15, 0.2) is 88.2 Å². The monoisotopic (exact) mass is 593 g/mol. The number of rotatable bonds is 7. The highest BCUT2D eigenvalue weighted by atomic mass is 32.1. The molecule has 0 saturated carbocycles. The van der Waals surface area contributed by atoms with Crippen LogP contribution in [0.25, 0.3) is 22.7 Å². The minimum absolute atomic E-state index is 0.168. The standard InChI is InChI=1S/C34H31N3O5S/c1-6-42-33(39)29-30(21-12-8-7-9-13-21)35-34-37(31(29)24-17-16-22(40-4)18-27(24)41-5)32(38)28(43-34)19-25-20(2)36(3)26-15-11-10-14-23(25)26/h7-19,31H,6H2,1-5H3/b28-19-/t31-/m1/s1. The summed E-state index contributed by atoms with van der Waals surface area (Å²) >= 11 is 1.30. The maximum Gasteiger partial charge on any atom is 0.338 e. The summed E-state index contributed by atoms with van der Waals surface area (Å²) in [6, 6.07) is 22.1. The van der Waals surface area contributed by atoms with Gasteiger partial charge in [0.15, 0.2) is 4.80 Å². The van der Waals surface area contributed by atoms with Crippen LogP contribution in [0.4, 0.5) is 0 Å². The smallest absolute Gasteiger partial charge is 0.338 e. The van der Waals surface area contributed by atoms with Gasteiger partial charge >= 0.3 is 5.97 Å². The van der Waals surface area contributed by atoms with E-state index >= 15 is 0 Å². The van der Waals surface area contributed by atoms with Crippen LogP contribution in [0.3, 0.4) is 0 Å². The van der Waals surface area contributed by atoms with E-state index < -0.39 is 12.0 Å². The molecule has 3 heterocycles. The van der Waals surface area contributed by atoms with Gasteiger partial charge < -0.3 is 18.8 Å². The Hall–Kier alpha value is -4.89. The fourth-order valence-corrected chi connectivity index (χ4v) is 6.63.